The van der Waals surface area contributed by atoms with Crippen molar-refractivity contribution in [2.24, 2.45) is 0 Å². The lowest BCUT2D eigenvalue weighted by molar-refractivity contribution is -0.384. The Morgan fingerprint density at radius 1 is 1.38 bits per heavy atom. The van der Waals surface area contributed by atoms with E-state index in [4.69, 9.17) is 4.74 Å². The van der Waals surface area contributed by atoms with Crippen molar-refractivity contribution >= 4 is 5.69 Å². The van der Waals surface area contributed by atoms with Gasteiger partial charge < -0.3 is 9.84 Å². The van der Waals surface area contributed by atoms with E-state index in [0.29, 0.717) is 0 Å². The molecule has 21 heavy (non-hydrogen) atoms. The SMILES string of the molecule is COc1cc([N+](=O)[O-])ccc1-n1c(O)c(C)c(=O)[nH]c1=O. The molecule has 2 rings (SSSR count). The first-order valence-corrected chi connectivity index (χ1v) is 5.74. The molecule has 1 aromatic heterocycles. The fourth-order valence-electron chi connectivity index (χ4n) is 1.80. The summed E-state index contributed by atoms with van der Waals surface area (Å²) in [5.74, 6) is -0.552. The molecule has 0 spiro atoms. The third kappa shape index (κ3) is 2.36. The van der Waals surface area contributed by atoms with Gasteiger partial charge in [0.2, 0.25) is 5.88 Å². The highest BCUT2D eigenvalue weighted by atomic mass is 16.6. The summed E-state index contributed by atoms with van der Waals surface area (Å²) in [4.78, 5) is 35.4. The number of aromatic hydroxyl groups is 1. The number of ether oxygens (including phenoxy) is 1. The molecule has 0 fully saturated rings. The molecule has 0 aliphatic rings. The number of nitrogens with one attached hydrogen (secondary N) is 1. The largest absolute Gasteiger partial charge is 0.494 e. The van der Waals surface area contributed by atoms with E-state index in [-0.39, 0.29) is 22.7 Å². The van der Waals surface area contributed by atoms with Crippen molar-refractivity contribution in [3.8, 4) is 17.3 Å². The number of nitro groups is 1. The van der Waals surface area contributed by atoms with E-state index >= 15 is 0 Å². The molecule has 0 bridgehead atoms. The zero-order valence-electron chi connectivity index (χ0n) is 11.1. The Hall–Kier alpha value is -3.10. The Morgan fingerprint density at radius 3 is 2.62 bits per heavy atom. The molecule has 2 aromatic rings. The number of rotatable bonds is 3. The lowest BCUT2D eigenvalue weighted by Crippen LogP contribution is -2.30. The molecule has 110 valence electrons. The van der Waals surface area contributed by atoms with Crippen molar-refractivity contribution in [3.05, 3.63) is 54.7 Å². The maximum Gasteiger partial charge on any atom is 0.335 e. The number of nitrogens with zero attached hydrogens (tertiary/aromatic N) is 2. The number of hydrogen-bond acceptors (Lipinski definition) is 6. The maximum absolute atomic E-state index is 11.9. The smallest absolute Gasteiger partial charge is 0.335 e. The predicted octanol–water partition coefficient (Wildman–Crippen LogP) is 0.457. The van der Waals surface area contributed by atoms with E-state index in [9.17, 15) is 24.8 Å². The summed E-state index contributed by atoms with van der Waals surface area (Å²) in [6.45, 7) is 1.34. The molecule has 0 saturated heterocycles. The Morgan fingerprint density at radius 2 is 2.05 bits per heavy atom. The molecular formula is C12H11N3O6. The second kappa shape index (κ2) is 5.12. The monoisotopic (exact) mass is 293 g/mol. The molecule has 2 N–H and O–H groups in total. The van der Waals surface area contributed by atoms with E-state index in [1.54, 1.807) is 0 Å². The van der Waals surface area contributed by atoms with Crippen molar-refractivity contribution < 1.29 is 14.8 Å². The van der Waals surface area contributed by atoms with Crippen LogP contribution in [0.25, 0.3) is 5.69 Å². The fourth-order valence-corrected chi connectivity index (χ4v) is 1.80. The van der Waals surface area contributed by atoms with Crippen LogP contribution in [0.2, 0.25) is 0 Å². The van der Waals surface area contributed by atoms with Crippen LogP contribution in [-0.4, -0.2) is 26.7 Å². The predicted molar refractivity (Wildman–Crippen MR) is 72.3 cm³/mol. The summed E-state index contributed by atoms with van der Waals surface area (Å²) in [5, 5.41) is 20.7. The van der Waals surface area contributed by atoms with E-state index in [2.05, 4.69) is 0 Å². The minimum atomic E-state index is -0.879. The summed E-state index contributed by atoms with van der Waals surface area (Å²) in [5.41, 5.74) is -1.81. The molecule has 0 amide bonds. The van der Waals surface area contributed by atoms with Gasteiger partial charge in [-0.25, -0.2) is 9.36 Å². The van der Waals surface area contributed by atoms with Crippen molar-refractivity contribution in [2.75, 3.05) is 7.11 Å². The lowest BCUT2D eigenvalue weighted by atomic mass is 10.2. The summed E-state index contributed by atoms with van der Waals surface area (Å²) < 4.78 is 5.81. The minimum absolute atomic E-state index is 0.00745. The number of aromatic nitrogens is 2. The Kier molecular flexibility index (Phi) is 3.49. The highest BCUT2D eigenvalue weighted by Gasteiger charge is 2.18. The van der Waals surface area contributed by atoms with Crippen molar-refractivity contribution in [2.45, 2.75) is 6.92 Å². The molecule has 0 atom stereocenters. The molecule has 9 heteroatoms. The Bertz CT molecular complexity index is 836. The molecular weight excluding hydrogens is 282 g/mol. The van der Waals surface area contributed by atoms with Crippen LogP contribution in [0, 0.1) is 17.0 Å². The number of nitro benzene ring substituents is 1. The van der Waals surface area contributed by atoms with Gasteiger partial charge in [-0.05, 0) is 13.0 Å². The summed E-state index contributed by atoms with van der Waals surface area (Å²) in [6.07, 6.45) is 0. The van der Waals surface area contributed by atoms with Crippen LogP contribution in [0.5, 0.6) is 11.6 Å². The zero-order chi connectivity index (χ0) is 15.7. The lowest BCUT2D eigenvalue weighted by Gasteiger charge is -2.12. The first-order chi connectivity index (χ1) is 9.86. The molecule has 0 aliphatic carbocycles. The molecule has 1 heterocycles. The molecule has 0 saturated carbocycles. The second-order valence-corrected chi connectivity index (χ2v) is 4.16. The number of benzene rings is 1. The summed E-state index contributed by atoms with van der Waals surface area (Å²) >= 11 is 0. The molecule has 0 aliphatic heterocycles. The molecule has 1 aromatic carbocycles. The summed E-state index contributed by atoms with van der Waals surface area (Å²) in [7, 11) is 1.27. The number of hydrogen-bond donors (Lipinski definition) is 2. The molecule has 9 nitrogen and oxygen atoms in total. The van der Waals surface area contributed by atoms with Gasteiger partial charge in [-0.3, -0.25) is 19.9 Å². The third-order valence-electron chi connectivity index (χ3n) is 2.93. The third-order valence-corrected chi connectivity index (χ3v) is 2.93. The number of non-ortho nitro benzene ring substituents is 1. The second-order valence-electron chi connectivity index (χ2n) is 4.16. The van der Waals surface area contributed by atoms with Gasteiger partial charge in [0.15, 0.2) is 0 Å². The zero-order valence-corrected chi connectivity index (χ0v) is 11.1. The Balaban J connectivity index is 2.79. The highest BCUT2D eigenvalue weighted by Crippen LogP contribution is 2.29. The normalized spacial score (nSPS) is 10.4. The molecule has 0 radical (unpaired) electrons. The molecule has 0 unspecified atom stereocenters. The first kappa shape index (κ1) is 14.3. The Labute approximate surface area is 117 Å². The van der Waals surface area contributed by atoms with Gasteiger partial charge in [0.25, 0.3) is 11.2 Å². The van der Waals surface area contributed by atoms with Crippen LogP contribution in [0.15, 0.2) is 27.8 Å². The van der Waals surface area contributed by atoms with Crippen LogP contribution < -0.4 is 16.0 Å². The highest BCUT2D eigenvalue weighted by molar-refractivity contribution is 5.54. The number of aromatic amines is 1. The van der Waals surface area contributed by atoms with Crippen LogP contribution >= 0.6 is 0 Å². The van der Waals surface area contributed by atoms with Gasteiger partial charge in [0.1, 0.15) is 5.75 Å². The van der Waals surface area contributed by atoms with Crippen LogP contribution in [0.3, 0.4) is 0 Å². The topological polar surface area (TPSA) is 127 Å². The first-order valence-electron chi connectivity index (χ1n) is 5.74. The van der Waals surface area contributed by atoms with Gasteiger partial charge in [-0.1, -0.05) is 0 Å². The number of methoxy groups -OCH3 is 1. The van der Waals surface area contributed by atoms with E-state index in [0.717, 1.165) is 16.7 Å². The van der Waals surface area contributed by atoms with Crippen LogP contribution in [0.1, 0.15) is 5.56 Å². The van der Waals surface area contributed by atoms with Crippen LogP contribution in [-0.2, 0) is 0 Å². The maximum atomic E-state index is 11.9. The number of H-pyrrole nitrogens is 1. The van der Waals surface area contributed by atoms with Gasteiger partial charge in [0, 0.05) is 6.07 Å². The van der Waals surface area contributed by atoms with Crippen LogP contribution in [0.4, 0.5) is 5.69 Å². The van der Waals surface area contributed by atoms with E-state index in [1.807, 2.05) is 4.98 Å². The van der Waals surface area contributed by atoms with Gasteiger partial charge >= 0.3 is 5.69 Å². The van der Waals surface area contributed by atoms with E-state index in [1.165, 1.54) is 20.1 Å². The standard InChI is InChI=1S/C12H11N3O6/c1-6-10(16)13-12(18)14(11(6)17)8-4-3-7(15(19)20)5-9(8)21-2/h3-5,17H,1-2H3,(H,13,16,18). The average Bonchev–Trinajstić information content (AvgIpc) is 2.45. The fraction of sp³-hybridized carbons (Fsp3) is 0.167. The van der Waals surface area contributed by atoms with E-state index < -0.39 is 22.1 Å². The van der Waals surface area contributed by atoms with Crippen molar-refractivity contribution in [3.63, 3.8) is 0 Å². The van der Waals surface area contributed by atoms with Crippen molar-refractivity contribution in [1.29, 1.82) is 0 Å². The van der Waals surface area contributed by atoms with Crippen molar-refractivity contribution in [1.82, 2.24) is 9.55 Å². The summed E-state index contributed by atoms with van der Waals surface area (Å²) in [6, 6.07) is 3.52. The average molecular weight is 293 g/mol. The quantitative estimate of drug-likeness (QED) is 0.625. The minimum Gasteiger partial charge on any atom is -0.494 e. The van der Waals surface area contributed by atoms with Gasteiger partial charge in [-0.15, -0.1) is 0 Å². The van der Waals surface area contributed by atoms with Gasteiger partial charge in [0.05, 0.1) is 29.4 Å². The van der Waals surface area contributed by atoms with Gasteiger partial charge in [-0.2, -0.15) is 0 Å².